The first-order chi connectivity index (χ1) is 9.99. The number of hydrogen-bond acceptors (Lipinski definition) is 3. The summed E-state index contributed by atoms with van der Waals surface area (Å²) in [7, 11) is 0. The third kappa shape index (κ3) is 3.91. The zero-order chi connectivity index (χ0) is 15.4. The average molecular weight is 315 g/mol. The fourth-order valence-corrected chi connectivity index (χ4v) is 2.84. The van der Waals surface area contributed by atoms with Crippen LogP contribution in [-0.4, -0.2) is 28.0 Å². The van der Waals surface area contributed by atoms with Crippen LogP contribution in [0.3, 0.4) is 0 Å². The fraction of sp³-hybridized carbons (Fsp3) is 0.500. The van der Waals surface area contributed by atoms with Crippen molar-refractivity contribution in [1.82, 2.24) is 10.3 Å². The number of nitrogens with one attached hydrogen (secondary N) is 1. The van der Waals surface area contributed by atoms with Crippen LogP contribution in [0.25, 0.3) is 0 Å². The van der Waals surface area contributed by atoms with Gasteiger partial charge in [-0.1, -0.05) is 30.9 Å². The second kappa shape index (κ2) is 6.85. The van der Waals surface area contributed by atoms with E-state index < -0.39 is 23.7 Å². The zero-order valence-corrected chi connectivity index (χ0v) is 12.1. The SMILES string of the molecule is O=C(NC(C(=O)O)C1CCCCC1)c1cc(F)cnc1Cl. The Kier molecular flexibility index (Phi) is 5.12. The smallest absolute Gasteiger partial charge is 0.326 e. The number of carboxylic acids is 1. The van der Waals surface area contributed by atoms with Crippen molar-refractivity contribution in [3.8, 4) is 0 Å². The number of carboxylic acid groups (broad SMARTS) is 1. The first-order valence-corrected chi connectivity index (χ1v) is 7.21. The van der Waals surface area contributed by atoms with Gasteiger partial charge in [-0.3, -0.25) is 4.79 Å². The summed E-state index contributed by atoms with van der Waals surface area (Å²) in [5.74, 6) is -2.62. The summed E-state index contributed by atoms with van der Waals surface area (Å²) < 4.78 is 13.1. The van der Waals surface area contributed by atoms with E-state index in [1.807, 2.05) is 0 Å². The number of carbonyl (C=O) groups excluding carboxylic acids is 1. The zero-order valence-electron chi connectivity index (χ0n) is 11.3. The first-order valence-electron chi connectivity index (χ1n) is 6.83. The number of hydrogen-bond donors (Lipinski definition) is 2. The number of nitrogens with zero attached hydrogens (tertiary/aromatic N) is 1. The molecular formula is C14H16ClFN2O3. The van der Waals surface area contributed by atoms with Gasteiger partial charge in [-0.2, -0.15) is 0 Å². The van der Waals surface area contributed by atoms with Gasteiger partial charge in [0, 0.05) is 0 Å². The minimum atomic E-state index is -1.09. The molecule has 1 fully saturated rings. The minimum Gasteiger partial charge on any atom is -0.480 e. The van der Waals surface area contributed by atoms with Crippen LogP contribution < -0.4 is 5.32 Å². The van der Waals surface area contributed by atoms with E-state index in [9.17, 15) is 19.1 Å². The van der Waals surface area contributed by atoms with E-state index in [1.165, 1.54) is 0 Å². The fourth-order valence-electron chi connectivity index (χ4n) is 2.65. The monoisotopic (exact) mass is 314 g/mol. The van der Waals surface area contributed by atoms with Gasteiger partial charge >= 0.3 is 5.97 Å². The molecule has 1 amide bonds. The molecule has 1 aromatic rings. The van der Waals surface area contributed by atoms with Gasteiger partial charge in [0.25, 0.3) is 5.91 Å². The van der Waals surface area contributed by atoms with Crippen LogP contribution in [0.15, 0.2) is 12.3 Å². The lowest BCUT2D eigenvalue weighted by Crippen LogP contribution is -2.46. The Balaban J connectivity index is 2.14. The molecule has 0 aliphatic heterocycles. The number of rotatable bonds is 4. The lowest BCUT2D eigenvalue weighted by Gasteiger charge is -2.28. The summed E-state index contributed by atoms with van der Waals surface area (Å²) in [4.78, 5) is 27.0. The number of amides is 1. The Hall–Kier alpha value is -1.69. The molecule has 1 aliphatic carbocycles. The Morgan fingerprint density at radius 2 is 2.05 bits per heavy atom. The van der Waals surface area contributed by atoms with E-state index in [2.05, 4.69) is 10.3 Å². The van der Waals surface area contributed by atoms with E-state index in [4.69, 9.17) is 11.6 Å². The second-order valence-corrected chi connectivity index (χ2v) is 5.54. The molecule has 0 radical (unpaired) electrons. The van der Waals surface area contributed by atoms with Crippen LogP contribution in [0.2, 0.25) is 5.15 Å². The Bertz CT molecular complexity index is 547. The summed E-state index contributed by atoms with van der Waals surface area (Å²) in [5, 5.41) is 11.6. The van der Waals surface area contributed by atoms with Crippen molar-refractivity contribution in [1.29, 1.82) is 0 Å². The van der Waals surface area contributed by atoms with Gasteiger partial charge in [0.05, 0.1) is 11.8 Å². The summed E-state index contributed by atoms with van der Waals surface area (Å²) >= 11 is 5.75. The molecule has 7 heteroatoms. The molecule has 1 aliphatic rings. The molecule has 5 nitrogen and oxygen atoms in total. The average Bonchev–Trinajstić information content (AvgIpc) is 2.47. The standard InChI is InChI=1S/C14H16ClFN2O3/c15-12-10(6-9(16)7-17-12)13(19)18-11(14(20)21)8-4-2-1-3-5-8/h6-8,11H,1-5H2,(H,18,19)(H,20,21). The minimum absolute atomic E-state index is 0.111. The molecule has 1 saturated carbocycles. The van der Waals surface area contributed by atoms with Gasteiger partial charge in [0.1, 0.15) is 17.0 Å². The number of aromatic nitrogens is 1. The molecular weight excluding hydrogens is 299 g/mol. The lowest BCUT2D eigenvalue weighted by atomic mass is 9.84. The molecule has 1 atom stereocenters. The summed E-state index contributed by atoms with van der Waals surface area (Å²) in [6, 6.07) is -0.0399. The third-order valence-corrected chi connectivity index (χ3v) is 4.03. The second-order valence-electron chi connectivity index (χ2n) is 5.18. The lowest BCUT2D eigenvalue weighted by molar-refractivity contribution is -0.141. The van der Waals surface area contributed by atoms with Crippen molar-refractivity contribution < 1.29 is 19.1 Å². The van der Waals surface area contributed by atoms with Crippen LogP contribution in [-0.2, 0) is 4.79 Å². The highest BCUT2D eigenvalue weighted by Gasteiger charge is 2.31. The Morgan fingerprint density at radius 1 is 1.38 bits per heavy atom. The van der Waals surface area contributed by atoms with Crippen molar-refractivity contribution >= 4 is 23.5 Å². The third-order valence-electron chi connectivity index (χ3n) is 3.72. The molecule has 0 saturated heterocycles. The highest BCUT2D eigenvalue weighted by molar-refractivity contribution is 6.32. The quantitative estimate of drug-likeness (QED) is 0.837. The molecule has 1 aromatic heterocycles. The number of halogens is 2. The maximum absolute atomic E-state index is 13.1. The van der Waals surface area contributed by atoms with Crippen molar-refractivity contribution in [3.63, 3.8) is 0 Å². The van der Waals surface area contributed by atoms with Crippen molar-refractivity contribution in [2.75, 3.05) is 0 Å². The normalized spacial score (nSPS) is 17.2. The van der Waals surface area contributed by atoms with Crippen LogP contribution in [0, 0.1) is 11.7 Å². The summed E-state index contributed by atoms with van der Waals surface area (Å²) in [5.41, 5.74) is -0.154. The molecule has 2 N–H and O–H groups in total. The van der Waals surface area contributed by atoms with Gasteiger partial charge in [-0.25, -0.2) is 14.2 Å². The molecule has 1 heterocycles. The molecule has 21 heavy (non-hydrogen) atoms. The van der Waals surface area contributed by atoms with E-state index in [0.29, 0.717) is 0 Å². The summed E-state index contributed by atoms with van der Waals surface area (Å²) in [6.07, 6.45) is 5.39. The Labute approximate surface area is 126 Å². The number of aliphatic carboxylic acids is 1. The van der Waals surface area contributed by atoms with Gasteiger partial charge in [-0.05, 0) is 24.8 Å². The highest BCUT2D eigenvalue weighted by Crippen LogP contribution is 2.27. The first kappa shape index (κ1) is 15.7. The van der Waals surface area contributed by atoms with E-state index in [-0.39, 0.29) is 16.6 Å². The van der Waals surface area contributed by atoms with Crippen molar-refractivity contribution in [2.45, 2.75) is 38.1 Å². The van der Waals surface area contributed by atoms with E-state index >= 15 is 0 Å². The largest absolute Gasteiger partial charge is 0.480 e. The van der Waals surface area contributed by atoms with Gasteiger partial charge in [0.2, 0.25) is 0 Å². The number of carbonyl (C=O) groups is 2. The predicted molar refractivity (Wildman–Crippen MR) is 74.7 cm³/mol. The molecule has 0 aromatic carbocycles. The topological polar surface area (TPSA) is 79.3 Å². The molecule has 1 unspecified atom stereocenters. The van der Waals surface area contributed by atoms with Crippen LogP contribution in [0.5, 0.6) is 0 Å². The molecule has 0 bridgehead atoms. The van der Waals surface area contributed by atoms with Crippen LogP contribution in [0.4, 0.5) is 4.39 Å². The maximum Gasteiger partial charge on any atom is 0.326 e. The van der Waals surface area contributed by atoms with E-state index in [1.54, 1.807) is 0 Å². The van der Waals surface area contributed by atoms with Crippen molar-refractivity contribution in [3.05, 3.63) is 28.8 Å². The molecule has 0 spiro atoms. The van der Waals surface area contributed by atoms with Crippen LogP contribution in [0.1, 0.15) is 42.5 Å². The van der Waals surface area contributed by atoms with Gasteiger partial charge in [-0.15, -0.1) is 0 Å². The van der Waals surface area contributed by atoms with Gasteiger partial charge in [0.15, 0.2) is 0 Å². The predicted octanol–water partition coefficient (Wildman–Crippen LogP) is 2.64. The highest BCUT2D eigenvalue weighted by atomic mass is 35.5. The molecule has 114 valence electrons. The van der Waals surface area contributed by atoms with Crippen molar-refractivity contribution in [2.24, 2.45) is 5.92 Å². The maximum atomic E-state index is 13.1. The summed E-state index contributed by atoms with van der Waals surface area (Å²) in [6.45, 7) is 0. The molecule has 2 rings (SSSR count). The number of pyridine rings is 1. The van der Waals surface area contributed by atoms with Gasteiger partial charge < -0.3 is 10.4 Å². The van der Waals surface area contributed by atoms with Crippen LogP contribution >= 0.6 is 11.6 Å². The van der Waals surface area contributed by atoms with E-state index in [0.717, 1.165) is 44.4 Å². The Morgan fingerprint density at radius 3 is 2.67 bits per heavy atom.